The predicted octanol–water partition coefficient (Wildman–Crippen LogP) is 2.62. The van der Waals surface area contributed by atoms with Gasteiger partial charge in [0.05, 0.1) is 12.0 Å². The first kappa shape index (κ1) is 14.3. The molecule has 0 bridgehead atoms. The molecule has 0 saturated carbocycles. The predicted molar refractivity (Wildman–Crippen MR) is 75.0 cm³/mol. The number of nitro groups is 1. The van der Waals surface area contributed by atoms with Crippen molar-refractivity contribution in [2.24, 2.45) is 5.92 Å². The molecule has 0 aromatic heterocycles. The summed E-state index contributed by atoms with van der Waals surface area (Å²) in [4.78, 5) is 24.3. The van der Waals surface area contributed by atoms with Gasteiger partial charge in [0.15, 0.2) is 0 Å². The molecule has 0 N–H and O–H groups in total. The van der Waals surface area contributed by atoms with Crippen LogP contribution < -0.4 is 4.90 Å². The number of rotatable bonds is 3. The van der Waals surface area contributed by atoms with Crippen molar-refractivity contribution in [3.63, 3.8) is 0 Å². The summed E-state index contributed by atoms with van der Waals surface area (Å²) >= 11 is 0. The van der Waals surface area contributed by atoms with Crippen LogP contribution in [0.2, 0.25) is 0 Å². The van der Waals surface area contributed by atoms with Crippen LogP contribution in [0.15, 0.2) is 18.2 Å². The Hall–Kier alpha value is -2.11. The molecule has 1 aliphatic heterocycles. The summed E-state index contributed by atoms with van der Waals surface area (Å²) in [7, 11) is 1.22. The molecule has 108 valence electrons. The average Bonchev–Trinajstić information content (AvgIpc) is 2.77. The van der Waals surface area contributed by atoms with Gasteiger partial charge in [-0.3, -0.25) is 10.1 Å². The lowest BCUT2D eigenvalue weighted by Gasteiger charge is -2.25. The lowest BCUT2D eigenvalue weighted by atomic mass is 10.0. The summed E-state index contributed by atoms with van der Waals surface area (Å²) in [5, 5.41) is 11.0. The van der Waals surface area contributed by atoms with Crippen molar-refractivity contribution < 1.29 is 14.5 Å². The highest BCUT2D eigenvalue weighted by molar-refractivity contribution is 5.95. The summed E-state index contributed by atoms with van der Waals surface area (Å²) in [6.45, 7) is 5.19. The second-order valence-electron chi connectivity index (χ2n) is 5.15. The number of hydrogen-bond donors (Lipinski definition) is 0. The Morgan fingerprint density at radius 2 is 2.15 bits per heavy atom. The number of benzene rings is 1. The van der Waals surface area contributed by atoms with Gasteiger partial charge in [0, 0.05) is 24.3 Å². The number of nitrogens with zero attached hydrogens (tertiary/aromatic N) is 2. The van der Waals surface area contributed by atoms with Crippen molar-refractivity contribution in [2.45, 2.75) is 26.3 Å². The Balaban J connectivity index is 2.42. The zero-order chi connectivity index (χ0) is 14.9. The maximum absolute atomic E-state index is 11.7. The van der Waals surface area contributed by atoms with E-state index in [1.165, 1.54) is 13.2 Å². The van der Waals surface area contributed by atoms with Gasteiger partial charge in [-0.25, -0.2) is 4.79 Å². The second kappa shape index (κ2) is 5.48. The Morgan fingerprint density at radius 3 is 2.65 bits per heavy atom. The summed E-state index contributed by atoms with van der Waals surface area (Å²) < 4.78 is 4.63. The standard InChI is InChI=1S/C14H18N2O4/c1-9-6-7-15(10(9)2)11-4-5-13(16(18)19)12(8-11)14(17)20-3/h4-5,8-10H,6-7H2,1-3H3. The Labute approximate surface area is 117 Å². The average molecular weight is 278 g/mol. The number of esters is 1. The fourth-order valence-corrected chi connectivity index (χ4v) is 2.59. The third kappa shape index (κ3) is 2.45. The van der Waals surface area contributed by atoms with Crippen LogP contribution in [0.3, 0.4) is 0 Å². The molecular formula is C14H18N2O4. The van der Waals surface area contributed by atoms with E-state index in [2.05, 4.69) is 23.5 Å². The molecule has 1 heterocycles. The van der Waals surface area contributed by atoms with Crippen LogP contribution in [0.25, 0.3) is 0 Å². The van der Waals surface area contributed by atoms with Gasteiger partial charge in [-0.05, 0) is 31.4 Å². The first-order chi connectivity index (χ1) is 9.45. The van der Waals surface area contributed by atoms with E-state index < -0.39 is 10.9 Å². The molecule has 0 spiro atoms. The highest BCUT2D eigenvalue weighted by atomic mass is 16.6. The van der Waals surface area contributed by atoms with E-state index in [4.69, 9.17) is 0 Å². The van der Waals surface area contributed by atoms with E-state index in [0.717, 1.165) is 18.7 Å². The molecular weight excluding hydrogens is 260 g/mol. The van der Waals surface area contributed by atoms with Crippen LogP contribution >= 0.6 is 0 Å². The summed E-state index contributed by atoms with van der Waals surface area (Å²) in [6.07, 6.45) is 1.08. The SMILES string of the molecule is COC(=O)c1cc(N2CCC(C)C2C)ccc1[N+](=O)[O-]. The van der Waals surface area contributed by atoms with Gasteiger partial charge in [-0.15, -0.1) is 0 Å². The molecule has 20 heavy (non-hydrogen) atoms. The first-order valence-corrected chi connectivity index (χ1v) is 6.59. The fourth-order valence-electron chi connectivity index (χ4n) is 2.59. The van der Waals surface area contributed by atoms with Gasteiger partial charge in [-0.1, -0.05) is 6.92 Å². The lowest BCUT2D eigenvalue weighted by Crippen LogP contribution is -2.29. The minimum absolute atomic E-state index is 0.00162. The number of methoxy groups -OCH3 is 1. The molecule has 1 aromatic rings. The number of carbonyl (C=O) groups excluding carboxylic acids is 1. The van der Waals surface area contributed by atoms with Crippen LogP contribution in [0.1, 0.15) is 30.6 Å². The highest BCUT2D eigenvalue weighted by Crippen LogP contribution is 2.32. The molecule has 2 unspecified atom stereocenters. The molecule has 2 atom stereocenters. The monoisotopic (exact) mass is 278 g/mol. The first-order valence-electron chi connectivity index (χ1n) is 6.59. The van der Waals surface area contributed by atoms with Crippen molar-refractivity contribution in [1.29, 1.82) is 0 Å². The molecule has 1 aromatic carbocycles. The van der Waals surface area contributed by atoms with Crippen molar-refractivity contribution in [1.82, 2.24) is 0 Å². The molecule has 1 fully saturated rings. The summed E-state index contributed by atoms with van der Waals surface area (Å²) in [6, 6.07) is 4.97. The largest absolute Gasteiger partial charge is 0.465 e. The van der Waals surface area contributed by atoms with Crippen LogP contribution in [-0.2, 0) is 4.74 Å². The van der Waals surface area contributed by atoms with E-state index in [1.807, 2.05) is 0 Å². The van der Waals surface area contributed by atoms with Gasteiger partial charge in [0.1, 0.15) is 5.56 Å². The maximum atomic E-state index is 11.7. The van der Waals surface area contributed by atoms with Crippen molar-refractivity contribution in [3.8, 4) is 0 Å². The third-order valence-electron chi connectivity index (χ3n) is 4.05. The van der Waals surface area contributed by atoms with Crippen molar-refractivity contribution in [2.75, 3.05) is 18.6 Å². The fraction of sp³-hybridized carbons (Fsp3) is 0.500. The van der Waals surface area contributed by atoms with E-state index in [0.29, 0.717) is 12.0 Å². The summed E-state index contributed by atoms with van der Waals surface area (Å²) in [5.74, 6) is -0.120. The number of ether oxygens (including phenoxy) is 1. The van der Waals surface area contributed by atoms with E-state index in [1.54, 1.807) is 12.1 Å². The van der Waals surface area contributed by atoms with Crippen molar-refractivity contribution in [3.05, 3.63) is 33.9 Å². The third-order valence-corrected chi connectivity index (χ3v) is 4.05. The Morgan fingerprint density at radius 1 is 1.45 bits per heavy atom. The number of anilines is 1. The van der Waals surface area contributed by atoms with E-state index >= 15 is 0 Å². The zero-order valence-electron chi connectivity index (χ0n) is 11.8. The molecule has 6 nitrogen and oxygen atoms in total. The molecule has 1 aliphatic rings. The molecule has 2 rings (SSSR count). The van der Waals surface area contributed by atoms with Gasteiger partial charge in [0.25, 0.3) is 5.69 Å². The highest BCUT2D eigenvalue weighted by Gasteiger charge is 2.29. The minimum Gasteiger partial charge on any atom is -0.465 e. The molecule has 1 saturated heterocycles. The van der Waals surface area contributed by atoms with Gasteiger partial charge in [0.2, 0.25) is 0 Å². The Kier molecular flexibility index (Phi) is 3.92. The van der Waals surface area contributed by atoms with Gasteiger partial charge in [-0.2, -0.15) is 0 Å². The molecule has 0 amide bonds. The number of nitro benzene ring substituents is 1. The van der Waals surface area contributed by atoms with Crippen LogP contribution in [0.5, 0.6) is 0 Å². The molecule has 6 heteroatoms. The van der Waals surface area contributed by atoms with Crippen LogP contribution in [0, 0.1) is 16.0 Å². The van der Waals surface area contributed by atoms with E-state index in [-0.39, 0.29) is 11.3 Å². The topological polar surface area (TPSA) is 72.7 Å². The van der Waals surface area contributed by atoms with Gasteiger partial charge >= 0.3 is 5.97 Å². The number of hydrogen-bond acceptors (Lipinski definition) is 5. The Bertz CT molecular complexity index is 544. The van der Waals surface area contributed by atoms with E-state index in [9.17, 15) is 14.9 Å². The smallest absolute Gasteiger partial charge is 0.344 e. The quantitative estimate of drug-likeness (QED) is 0.483. The lowest BCUT2D eigenvalue weighted by molar-refractivity contribution is -0.385. The zero-order valence-corrected chi connectivity index (χ0v) is 11.8. The molecule has 0 aliphatic carbocycles. The maximum Gasteiger partial charge on any atom is 0.344 e. The van der Waals surface area contributed by atoms with Crippen LogP contribution in [0.4, 0.5) is 11.4 Å². The minimum atomic E-state index is -0.682. The van der Waals surface area contributed by atoms with Crippen molar-refractivity contribution >= 4 is 17.3 Å². The normalized spacial score (nSPS) is 21.9. The van der Waals surface area contributed by atoms with Gasteiger partial charge < -0.3 is 9.64 Å². The summed E-state index contributed by atoms with van der Waals surface area (Å²) in [5.41, 5.74) is 0.607. The second-order valence-corrected chi connectivity index (χ2v) is 5.15. The number of carbonyl (C=O) groups is 1. The van der Waals surface area contributed by atoms with Crippen LogP contribution in [-0.4, -0.2) is 30.6 Å². The molecule has 0 radical (unpaired) electrons.